The molecule has 3 rings (SSSR count). The molecule has 0 bridgehead atoms. The quantitative estimate of drug-likeness (QED) is 0.767. The summed E-state index contributed by atoms with van der Waals surface area (Å²) in [7, 11) is 0. The fourth-order valence-electron chi connectivity index (χ4n) is 3.31. The van der Waals surface area contributed by atoms with Gasteiger partial charge < -0.3 is 10.4 Å². The third-order valence-electron chi connectivity index (χ3n) is 4.53. The van der Waals surface area contributed by atoms with Crippen molar-refractivity contribution in [3.8, 4) is 5.75 Å². The summed E-state index contributed by atoms with van der Waals surface area (Å²) in [6.07, 6.45) is -4.86. The lowest BCUT2D eigenvalue weighted by atomic mass is 9.96. The summed E-state index contributed by atoms with van der Waals surface area (Å²) >= 11 is 0. The van der Waals surface area contributed by atoms with Crippen molar-refractivity contribution in [3.63, 3.8) is 0 Å². The predicted octanol–water partition coefficient (Wildman–Crippen LogP) is 4.68. The van der Waals surface area contributed by atoms with E-state index < -0.39 is 12.6 Å². The van der Waals surface area contributed by atoms with Crippen molar-refractivity contribution in [3.05, 3.63) is 42.0 Å². The van der Waals surface area contributed by atoms with E-state index in [0.717, 1.165) is 42.5 Å². The Hall–Kier alpha value is -1.21. The minimum atomic E-state index is -4.14. The molecule has 0 unspecified atom stereocenters. The lowest BCUT2D eigenvalue weighted by Gasteiger charge is -2.35. The zero-order valence-electron chi connectivity index (χ0n) is 14.1. The molecule has 1 atom stereocenters. The summed E-state index contributed by atoms with van der Waals surface area (Å²) < 4.78 is 38.2. The van der Waals surface area contributed by atoms with Gasteiger partial charge in [-0.2, -0.15) is 13.2 Å². The highest BCUT2D eigenvalue weighted by Crippen LogP contribution is 2.33. The fourth-order valence-corrected chi connectivity index (χ4v) is 3.31. The van der Waals surface area contributed by atoms with E-state index in [1.54, 1.807) is 18.2 Å². The van der Waals surface area contributed by atoms with Gasteiger partial charge in [0.15, 0.2) is 0 Å². The van der Waals surface area contributed by atoms with Crippen LogP contribution in [0.25, 0.3) is 10.8 Å². The van der Waals surface area contributed by atoms with Gasteiger partial charge in [-0.3, -0.25) is 4.90 Å². The minimum Gasteiger partial charge on any atom is -0.508 e. The van der Waals surface area contributed by atoms with Crippen LogP contribution in [0.15, 0.2) is 36.4 Å². The molecule has 0 amide bonds. The second kappa shape index (κ2) is 9.65. The van der Waals surface area contributed by atoms with E-state index in [1.807, 2.05) is 18.2 Å². The van der Waals surface area contributed by atoms with Crippen LogP contribution in [0.4, 0.5) is 13.2 Å². The van der Waals surface area contributed by atoms with Gasteiger partial charge in [0.2, 0.25) is 0 Å². The summed E-state index contributed by atoms with van der Waals surface area (Å²) in [5.74, 6) is 0.186. The van der Waals surface area contributed by atoms with Gasteiger partial charge in [0.1, 0.15) is 5.75 Å². The van der Waals surface area contributed by atoms with Crippen molar-refractivity contribution >= 4 is 35.6 Å². The van der Waals surface area contributed by atoms with Crippen LogP contribution in [0.5, 0.6) is 5.75 Å². The van der Waals surface area contributed by atoms with Crippen molar-refractivity contribution in [2.45, 2.75) is 25.1 Å². The van der Waals surface area contributed by atoms with E-state index >= 15 is 0 Å². The third kappa shape index (κ3) is 5.91. The van der Waals surface area contributed by atoms with Gasteiger partial charge in [0.05, 0.1) is 0 Å². The molecule has 1 heterocycles. The van der Waals surface area contributed by atoms with Gasteiger partial charge in [0, 0.05) is 38.6 Å². The average Bonchev–Trinajstić information content (AvgIpc) is 2.55. The molecule has 2 aromatic carbocycles. The molecular weight excluding hydrogens is 388 g/mol. The van der Waals surface area contributed by atoms with Gasteiger partial charge in [-0.25, -0.2) is 0 Å². The van der Waals surface area contributed by atoms with Crippen LogP contribution in [-0.2, 0) is 0 Å². The largest absolute Gasteiger partial charge is 0.508 e. The summed E-state index contributed by atoms with van der Waals surface area (Å²) in [5.41, 5.74) is 0.902. The number of nitrogens with one attached hydrogen (secondary N) is 1. The van der Waals surface area contributed by atoms with Gasteiger partial charge in [0.25, 0.3) is 0 Å². The number of rotatable bonds is 4. The molecule has 2 N–H and O–H groups in total. The van der Waals surface area contributed by atoms with Crippen LogP contribution in [0.2, 0.25) is 0 Å². The Labute approximate surface area is 163 Å². The number of phenols is 1. The molecule has 8 heteroatoms. The van der Waals surface area contributed by atoms with Gasteiger partial charge >= 0.3 is 6.18 Å². The summed E-state index contributed by atoms with van der Waals surface area (Å²) in [6.45, 7) is 3.08. The first-order chi connectivity index (χ1) is 11.4. The Morgan fingerprint density at radius 3 is 2.27 bits per heavy atom. The molecule has 26 heavy (non-hydrogen) atoms. The summed E-state index contributed by atoms with van der Waals surface area (Å²) in [6, 6.07) is 10.5. The highest BCUT2D eigenvalue weighted by Gasteiger charge is 2.31. The third-order valence-corrected chi connectivity index (χ3v) is 4.53. The number of hydrogen-bond acceptors (Lipinski definition) is 3. The van der Waals surface area contributed by atoms with Gasteiger partial charge in [-0.15, -0.1) is 24.8 Å². The zero-order chi connectivity index (χ0) is 17.2. The molecule has 2 aromatic rings. The van der Waals surface area contributed by atoms with E-state index in [1.165, 1.54) is 0 Å². The van der Waals surface area contributed by atoms with Crippen molar-refractivity contribution in [2.24, 2.45) is 0 Å². The standard InChI is InChI=1S/C18H21F3N2O.2ClH/c19-18(20,21)6-5-17(23-9-7-22-8-10-23)15-2-1-14-12-16(24)4-3-13(14)11-15;;/h1-4,11-12,17,22,24H,5-10H2;2*1H/t17-;;/m0../s1. The number of phenolic OH excluding ortho intramolecular Hbond substituents is 1. The lowest BCUT2D eigenvalue weighted by Crippen LogP contribution is -2.45. The van der Waals surface area contributed by atoms with Crippen LogP contribution in [-0.4, -0.2) is 42.4 Å². The number of benzene rings is 2. The summed E-state index contributed by atoms with van der Waals surface area (Å²) in [5, 5.41) is 14.6. The van der Waals surface area contributed by atoms with E-state index in [9.17, 15) is 18.3 Å². The van der Waals surface area contributed by atoms with Crippen molar-refractivity contribution in [2.75, 3.05) is 26.2 Å². The fraction of sp³-hybridized carbons (Fsp3) is 0.444. The Kier molecular flexibility index (Phi) is 8.47. The molecule has 1 saturated heterocycles. The minimum absolute atomic E-state index is 0. The topological polar surface area (TPSA) is 35.5 Å². The van der Waals surface area contributed by atoms with Crippen molar-refractivity contribution in [1.82, 2.24) is 10.2 Å². The second-order valence-corrected chi connectivity index (χ2v) is 6.25. The molecule has 1 aliphatic rings. The Morgan fingerprint density at radius 1 is 1.00 bits per heavy atom. The first-order valence-corrected chi connectivity index (χ1v) is 8.16. The van der Waals surface area contributed by atoms with Crippen LogP contribution in [0, 0.1) is 0 Å². The monoisotopic (exact) mass is 410 g/mol. The Morgan fingerprint density at radius 2 is 1.62 bits per heavy atom. The maximum atomic E-state index is 12.7. The van der Waals surface area contributed by atoms with Crippen LogP contribution >= 0.6 is 24.8 Å². The number of hydrogen-bond donors (Lipinski definition) is 2. The van der Waals surface area contributed by atoms with Gasteiger partial charge in [-0.1, -0.05) is 18.2 Å². The maximum Gasteiger partial charge on any atom is 0.389 e. The first kappa shape index (κ1) is 22.8. The second-order valence-electron chi connectivity index (χ2n) is 6.25. The molecular formula is C18H23Cl2F3N2O. The molecule has 3 nitrogen and oxygen atoms in total. The van der Waals surface area contributed by atoms with E-state index in [2.05, 4.69) is 10.2 Å². The van der Waals surface area contributed by atoms with Crippen LogP contribution < -0.4 is 5.32 Å². The van der Waals surface area contributed by atoms with E-state index in [-0.39, 0.29) is 43.0 Å². The number of halogens is 5. The smallest absolute Gasteiger partial charge is 0.389 e. The maximum absolute atomic E-state index is 12.7. The zero-order valence-corrected chi connectivity index (χ0v) is 15.8. The molecule has 146 valence electrons. The first-order valence-electron chi connectivity index (χ1n) is 8.16. The highest BCUT2D eigenvalue weighted by atomic mass is 35.5. The summed E-state index contributed by atoms with van der Waals surface area (Å²) in [4.78, 5) is 2.13. The molecule has 1 fully saturated rings. The predicted molar refractivity (Wildman–Crippen MR) is 103 cm³/mol. The average molecular weight is 411 g/mol. The van der Waals surface area contributed by atoms with Crippen LogP contribution in [0.1, 0.15) is 24.4 Å². The molecule has 1 aliphatic heterocycles. The Balaban J connectivity index is 0.00000169. The van der Waals surface area contributed by atoms with E-state index in [0.29, 0.717) is 0 Å². The van der Waals surface area contributed by atoms with Crippen LogP contribution in [0.3, 0.4) is 0 Å². The number of alkyl halides is 3. The number of nitrogens with zero attached hydrogens (tertiary/aromatic N) is 1. The molecule has 0 aliphatic carbocycles. The van der Waals surface area contributed by atoms with Crippen molar-refractivity contribution in [1.29, 1.82) is 0 Å². The highest BCUT2D eigenvalue weighted by molar-refractivity contribution is 5.86. The number of piperazine rings is 1. The molecule has 0 spiro atoms. The molecule has 0 saturated carbocycles. The normalized spacial score (nSPS) is 16.6. The SMILES string of the molecule is Cl.Cl.Oc1ccc2cc([C@H](CCC(F)(F)F)N3CCNCC3)ccc2c1. The van der Waals surface area contributed by atoms with E-state index in [4.69, 9.17) is 0 Å². The Bertz CT molecular complexity index is 706. The molecule has 0 radical (unpaired) electrons. The molecule has 0 aromatic heterocycles. The van der Waals surface area contributed by atoms with Gasteiger partial charge in [-0.05, 0) is 41.0 Å². The lowest BCUT2D eigenvalue weighted by molar-refractivity contribution is -0.138. The van der Waals surface area contributed by atoms with Crippen molar-refractivity contribution < 1.29 is 18.3 Å². The number of fused-ring (bicyclic) bond motifs is 1. The number of aromatic hydroxyl groups is 1.